The lowest BCUT2D eigenvalue weighted by Gasteiger charge is -2.12. The number of aromatic nitrogens is 2. The Morgan fingerprint density at radius 1 is 0.943 bits per heavy atom. The second-order valence-electron chi connectivity index (χ2n) is 9.18. The number of hydrogen-bond donors (Lipinski definition) is 1. The van der Waals surface area contributed by atoms with Crippen molar-refractivity contribution in [3.05, 3.63) is 95.8 Å². The molecular formula is C30H35N3O2. The van der Waals surface area contributed by atoms with E-state index in [1.165, 1.54) is 11.1 Å². The maximum atomic E-state index is 12.2. The summed E-state index contributed by atoms with van der Waals surface area (Å²) in [6.45, 7) is 6.33. The summed E-state index contributed by atoms with van der Waals surface area (Å²) < 4.78 is 8.28. The molecule has 35 heavy (non-hydrogen) atoms. The van der Waals surface area contributed by atoms with Crippen LogP contribution in [0, 0.1) is 0 Å². The van der Waals surface area contributed by atoms with Gasteiger partial charge in [0.15, 0.2) is 0 Å². The lowest BCUT2D eigenvalue weighted by Crippen LogP contribution is -2.25. The molecule has 1 N–H and O–H groups in total. The first kappa shape index (κ1) is 24.5. The fourth-order valence-corrected chi connectivity index (χ4v) is 4.23. The van der Waals surface area contributed by atoms with Crippen molar-refractivity contribution < 1.29 is 9.53 Å². The van der Waals surface area contributed by atoms with E-state index in [-0.39, 0.29) is 5.91 Å². The highest BCUT2D eigenvalue weighted by Gasteiger charge is 2.11. The Morgan fingerprint density at radius 2 is 1.69 bits per heavy atom. The fraction of sp³-hybridized carbons (Fsp3) is 0.333. The van der Waals surface area contributed by atoms with E-state index in [0.29, 0.717) is 25.5 Å². The van der Waals surface area contributed by atoms with Crippen molar-refractivity contribution in [1.82, 2.24) is 14.9 Å². The first-order valence-corrected chi connectivity index (χ1v) is 12.6. The zero-order valence-electron chi connectivity index (χ0n) is 20.7. The summed E-state index contributed by atoms with van der Waals surface area (Å²) in [6.07, 6.45) is 2.93. The van der Waals surface area contributed by atoms with E-state index >= 15 is 0 Å². The van der Waals surface area contributed by atoms with Gasteiger partial charge in [0.25, 0.3) is 0 Å². The van der Waals surface area contributed by atoms with Crippen molar-refractivity contribution in [2.24, 2.45) is 0 Å². The maximum absolute atomic E-state index is 12.2. The van der Waals surface area contributed by atoms with Crippen molar-refractivity contribution in [3.8, 4) is 5.75 Å². The molecular weight excluding hydrogens is 434 g/mol. The van der Waals surface area contributed by atoms with Gasteiger partial charge in [0, 0.05) is 19.4 Å². The van der Waals surface area contributed by atoms with E-state index in [1.54, 1.807) is 0 Å². The standard InChI is InChI=1S/C30H35N3O2/c1-23(2)25-15-17-26(18-16-25)35-22-21-33-28-12-7-6-11-27(28)32-29(33)13-8-20-31-30(34)19-14-24-9-4-3-5-10-24/h3-7,9-12,15-18,23H,8,13-14,19-22H2,1-2H3,(H,31,34). The van der Waals surface area contributed by atoms with E-state index in [4.69, 9.17) is 9.72 Å². The van der Waals surface area contributed by atoms with Gasteiger partial charge in [-0.25, -0.2) is 4.98 Å². The molecule has 1 aromatic heterocycles. The average Bonchev–Trinajstić information content (AvgIpc) is 3.23. The van der Waals surface area contributed by atoms with Crippen LogP contribution in [0.15, 0.2) is 78.9 Å². The number of fused-ring (bicyclic) bond motifs is 1. The van der Waals surface area contributed by atoms with E-state index in [2.05, 4.69) is 54.1 Å². The van der Waals surface area contributed by atoms with Gasteiger partial charge in [0.2, 0.25) is 5.91 Å². The zero-order valence-corrected chi connectivity index (χ0v) is 20.7. The third-order valence-corrected chi connectivity index (χ3v) is 6.25. The molecule has 5 heteroatoms. The molecule has 0 atom stereocenters. The van der Waals surface area contributed by atoms with E-state index < -0.39 is 0 Å². The van der Waals surface area contributed by atoms with Crippen molar-refractivity contribution in [2.45, 2.75) is 52.0 Å². The Bertz CT molecular complexity index is 1210. The third kappa shape index (κ3) is 6.95. The quantitative estimate of drug-likeness (QED) is 0.262. The highest BCUT2D eigenvalue weighted by atomic mass is 16.5. The van der Waals surface area contributed by atoms with Gasteiger partial charge < -0.3 is 14.6 Å². The Kier molecular flexibility index (Phi) is 8.55. The Balaban J connectivity index is 1.28. The van der Waals surface area contributed by atoms with Crippen LogP contribution in [-0.2, 0) is 24.2 Å². The zero-order chi connectivity index (χ0) is 24.5. The molecule has 0 bridgehead atoms. The van der Waals surface area contributed by atoms with Crippen LogP contribution in [0.25, 0.3) is 11.0 Å². The molecule has 0 aliphatic rings. The molecule has 0 fully saturated rings. The van der Waals surface area contributed by atoms with Crippen LogP contribution in [-0.4, -0.2) is 28.6 Å². The molecule has 0 spiro atoms. The number of rotatable bonds is 12. The Hall–Kier alpha value is -3.60. The molecule has 4 aromatic rings. The first-order valence-electron chi connectivity index (χ1n) is 12.6. The van der Waals surface area contributed by atoms with Crippen LogP contribution in [0.2, 0.25) is 0 Å². The van der Waals surface area contributed by atoms with Crippen molar-refractivity contribution >= 4 is 16.9 Å². The van der Waals surface area contributed by atoms with Gasteiger partial charge in [-0.05, 0) is 54.2 Å². The van der Waals surface area contributed by atoms with E-state index in [9.17, 15) is 4.79 Å². The largest absolute Gasteiger partial charge is 0.492 e. The molecule has 1 amide bonds. The van der Waals surface area contributed by atoms with Gasteiger partial charge >= 0.3 is 0 Å². The number of imidazole rings is 1. The smallest absolute Gasteiger partial charge is 0.220 e. The highest BCUT2D eigenvalue weighted by molar-refractivity contribution is 5.76. The third-order valence-electron chi connectivity index (χ3n) is 6.25. The molecule has 0 radical (unpaired) electrons. The minimum Gasteiger partial charge on any atom is -0.492 e. The van der Waals surface area contributed by atoms with Crippen LogP contribution < -0.4 is 10.1 Å². The van der Waals surface area contributed by atoms with Crippen molar-refractivity contribution in [2.75, 3.05) is 13.2 Å². The van der Waals surface area contributed by atoms with Crippen LogP contribution in [0.5, 0.6) is 5.75 Å². The Labute approximate surface area is 208 Å². The predicted molar refractivity (Wildman–Crippen MR) is 142 cm³/mol. The molecule has 0 saturated carbocycles. The summed E-state index contributed by atoms with van der Waals surface area (Å²) in [4.78, 5) is 17.1. The number of aryl methyl sites for hydroxylation is 2. The van der Waals surface area contributed by atoms with Gasteiger partial charge in [-0.1, -0.05) is 68.4 Å². The lowest BCUT2D eigenvalue weighted by molar-refractivity contribution is -0.121. The molecule has 0 aliphatic heterocycles. The molecule has 182 valence electrons. The minimum absolute atomic E-state index is 0.0965. The molecule has 0 aliphatic carbocycles. The van der Waals surface area contributed by atoms with E-state index in [0.717, 1.165) is 48.4 Å². The average molecular weight is 470 g/mol. The predicted octanol–water partition coefficient (Wildman–Crippen LogP) is 5.92. The first-order chi connectivity index (χ1) is 17.1. The number of carbonyl (C=O) groups is 1. The molecule has 0 saturated heterocycles. The van der Waals surface area contributed by atoms with Crippen LogP contribution in [0.4, 0.5) is 0 Å². The number of nitrogens with zero attached hydrogens (tertiary/aromatic N) is 2. The normalized spacial score (nSPS) is 11.2. The number of amides is 1. The summed E-state index contributed by atoms with van der Waals surface area (Å²) in [7, 11) is 0. The van der Waals surface area contributed by atoms with Gasteiger partial charge in [-0.2, -0.15) is 0 Å². The number of benzene rings is 3. The number of hydrogen-bond acceptors (Lipinski definition) is 3. The monoisotopic (exact) mass is 469 g/mol. The second kappa shape index (κ2) is 12.2. The van der Waals surface area contributed by atoms with Gasteiger partial charge in [0.1, 0.15) is 18.2 Å². The molecule has 3 aromatic carbocycles. The number of carbonyl (C=O) groups excluding carboxylic acids is 1. The summed E-state index contributed by atoms with van der Waals surface area (Å²) in [5.41, 5.74) is 4.62. The van der Waals surface area contributed by atoms with Crippen molar-refractivity contribution in [3.63, 3.8) is 0 Å². The van der Waals surface area contributed by atoms with Gasteiger partial charge in [-0.3, -0.25) is 4.79 Å². The van der Waals surface area contributed by atoms with Crippen LogP contribution in [0.1, 0.15) is 49.6 Å². The van der Waals surface area contributed by atoms with Crippen LogP contribution in [0.3, 0.4) is 0 Å². The SMILES string of the molecule is CC(C)c1ccc(OCCn2c(CCCNC(=O)CCc3ccccc3)nc3ccccc32)cc1. The van der Waals surface area contributed by atoms with Gasteiger partial charge in [0.05, 0.1) is 17.6 Å². The number of para-hydroxylation sites is 2. The summed E-state index contributed by atoms with van der Waals surface area (Å²) in [5, 5.41) is 3.05. The summed E-state index contributed by atoms with van der Waals surface area (Å²) >= 11 is 0. The van der Waals surface area contributed by atoms with Gasteiger partial charge in [-0.15, -0.1) is 0 Å². The molecule has 1 heterocycles. The lowest BCUT2D eigenvalue weighted by atomic mass is 10.0. The minimum atomic E-state index is 0.0965. The fourth-order valence-electron chi connectivity index (χ4n) is 4.23. The number of ether oxygens (including phenoxy) is 1. The Morgan fingerprint density at radius 3 is 2.46 bits per heavy atom. The van der Waals surface area contributed by atoms with Crippen LogP contribution >= 0.6 is 0 Å². The molecule has 5 nitrogen and oxygen atoms in total. The highest BCUT2D eigenvalue weighted by Crippen LogP contribution is 2.20. The molecule has 0 unspecified atom stereocenters. The maximum Gasteiger partial charge on any atom is 0.220 e. The van der Waals surface area contributed by atoms with Crippen molar-refractivity contribution in [1.29, 1.82) is 0 Å². The topological polar surface area (TPSA) is 56.1 Å². The number of nitrogens with one attached hydrogen (secondary N) is 1. The second-order valence-corrected chi connectivity index (χ2v) is 9.18. The molecule has 4 rings (SSSR count). The summed E-state index contributed by atoms with van der Waals surface area (Å²) in [5.74, 6) is 2.53. The van der Waals surface area contributed by atoms with E-state index in [1.807, 2.05) is 48.5 Å². The summed E-state index contributed by atoms with van der Waals surface area (Å²) in [6, 6.07) is 26.7.